The molecule has 0 saturated carbocycles. The van der Waals surface area contributed by atoms with Crippen LogP contribution >= 0.6 is 0 Å². The molecule has 8 heteroatoms. The predicted octanol–water partition coefficient (Wildman–Crippen LogP) is 2.35. The fourth-order valence-corrected chi connectivity index (χ4v) is 3.93. The van der Waals surface area contributed by atoms with Crippen molar-refractivity contribution in [1.29, 1.82) is 0 Å². The summed E-state index contributed by atoms with van der Waals surface area (Å²) in [4.78, 5) is 40.4. The molecule has 3 heterocycles. The van der Waals surface area contributed by atoms with Crippen LogP contribution in [0.15, 0.2) is 61.1 Å². The van der Waals surface area contributed by atoms with Gasteiger partial charge >= 0.3 is 0 Å². The Bertz CT molecular complexity index is 1010. The summed E-state index contributed by atoms with van der Waals surface area (Å²) in [6.07, 6.45) is 5.92. The van der Waals surface area contributed by atoms with E-state index in [0.717, 1.165) is 12.2 Å². The van der Waals surface area contributed by atoms with E-state index in [1.807, 2.05) is 36.1 Å². The van der Waals surface area contributed by atoms with E-state index in [4.69, 9.17) is 4.74 Å². The second kappa shape index (κ2) is 9.64. The van der Waals surface area contributed by atoms with Crippen LogP contribution in [0.25, 0.3) is 5.57 Å². The highest BCUT2D eigenvalue weighted by molar-refractivity contribution is 6.35. The molecule has 1 aromatic carbocycles. The van der Waals surface area contributed by atoms with Gasteiger partial charge in [-0.3, -0.25) is 14.5 Å². The summed E-state index contributed by atoms with van der Waals surface area (Å²) >= 11 is 0. The van der Waals surface area contributed by atoms with Gasteiger partial charge in [0.15, 0.2) is 0 Å². The normalized spacial score (nSPS) is 16.7. The zero-order valence-electron chi connectivity index (χ0n) is 18.2. The summed E-state index contributed by atoms with van der Waals surface area (Å²) in [7, 11) is 0. The lowest BCUT2D eigenvalue weighted by Crippen LogP contribution is -2.48. The highest BCUT2D eigenvalue weighted by Crippen LogP contribution is 2.33. The SMILES string of the molecule is C=CCN1C(=O)C(c2ccc(OCCC)cc2)=C(N2CCN(c3ncccn3)CC2)C1=O. The Kier molecular flexibility index (Phi) is 6.49. The Hall–Kier alpha value is -3.68. The predicted molar refractivity (Wildman–Crippen MR) is 122 cm³/mol. The van der Waals surface area contributed by atoms with Gasteiger partial charge in [-0.25, -0.2) is 9.97 Å². The molecule has 1 fully saturated rings. The molecule has 0 bridgehead atoms. The van der Waals surface area contributed by atoms with Crippen molar-refractivity contribution >= 4 is 23.3 Å². The first kappa shape index (κ1) is 21.5. The number of imide groups is 1. The first-order chi connectivity index (χ1) is 15.6. The highest BCUT2D eigenvalue weighted by atomic mass is 16.5. The minimum Gasteiger partial charge on any atom is -0.494 e. The van der Waals surface area contributed by atoms with Gasteiger partial charge in [0, 0.05) is 45.1 Å². The Balaban J connectivity index is 1.61. The first-order valence-corrected chi connectivity index (χ1v) is 10.9. The molecular weight excluding hydrogens is 406 g/mol. The van der Waals surface area contributed by atoms with Gasteiger partial charge in [0.2, 0.25) is 5.95 Å². The summed E-state index contributed by atoms with van der Waals surface area (Å²) < 4.78 is 5.66. The summed E-state index contributed by atoms with van der Waals surface area (Å²) in [5.41, 5.74) is 1.60. The van der Waals surface area contributed by atoms with Crippen LogP contribution < -0.4 is 9.64 Å². The molecule has 4 rings (SSSR count). The van der Waals surface area contributed by atoms with Crippen molar-refractivity contribution in [3.05, 3.63) is 66.6 Å². The number of amides is 2. The third-order valence-electron chi connectivity index (χ3n) is 5.50. The number of hydrogen-bond acceptors (Lipinski definition) is 7. The zero-order chi connectivity index (χ0) is 22.5. The molecule has 1 saturated heterocycles. The van der Waals surface area contributed by atoms with E-state index in [1.165, 1.54) is 4.90 Å². The molecular formula is C24H27N5O3. The van der Waals surface area contributed by atoms with Crippen molar-refractivity contribution in [2.45, 2.75) is 13.3 Å². The molecule has 2 amide bonds. The fraction of sp³-hybridized carbons (Fsp3) is 0.333. The minimum absolute atomic E-state index is 0.181. The van der Waals surface area contributed by atoms with E-state index in [2.05, 4.69) is 21.4 Å². The second-order valence-corrected chi connectivity index (χ2v) is 7.63. The molecule has 166 valence electrons. The van der Waals surface area contributed by atoms with E-state index in [9.17, 15) is 9.59 Å². The van der Waals surface area contributed by atoms with Gasteiger partial charge in [-0.1, -0.05) is 25.1 Å². The second-order valence-electron chi connectivity index (χ2n) is 7.63. The molecule has 0 N–H and O–H groups in total. The Morgan fingerprint density at radius 1 is 1.00 bits per heavy atom. The van der Waals surface area contributed by atoms with Crippen LogP contribution in [-0.4, -0.2) is 70.9 Å². The lowest BCUT2D eigenvalue weighted by Gasteiger charge is -2.36. The number of ether oxygens (including phenoxy) is 1. The van der Waals surface area contributed by atoms with Gasteiger partial charge < -0.3 is 14.5 Å². The van der Waals surface area contributed by atoms with E-state index < -0.39 is 0 Å². The van der Waals surface area contributed by atoms with Crippen LogP contribution in [0.2, 0.25) is 0 Å². The third-order valence-corrected chi connectivity index (χ3v) is 5.50. The maximum atomic E-state index is 13.2. The van der Waals surface area contributed by atoms with Crippen LogP contribution in [0.1, 0.15) is 18.9 Å². The lowest BCUT2D eigenvalue weighted by atomic mass is 10.0. The van der Waals surface area contributed by atoms with Crippen LogP contribution in [0.4, 0.5) is 5.95 Å². The molecule has 2 aromatic rings. The van der Waals surface area contributed by atoms with Gasteiger partial charge in [-0.2, -0.15) is 0 Å². The quantitative estimate of drug-likeness (QED) is 0.467. The molecule has 2 aliphatic heterocycles. The topological polar surface area (TPSA) is 78.9 Å². The van der Waals surface area contributed by atoms with E-state index in [0.29, 0.717) is 55.6 Å². The summed E-state index contributed by atoms with van der Waals surface area (Å²) in [6.45, 7) is 9.06. The van der Waals surface area contributed by atoms with Gasteiger partial charge in [-0.05, 0) is 30.2 Å². The molecule has 0 radical (unpaired) electrons. The summed E-state index contributed by atoms with van der Waals surface area (Å²) in [6, 6.07) is 9.16. The average molecular weight is 434 g/mol. The number of anilines is 1. The van der Waals surface area contributed by atoms with E-state index >= 15 is 0 Å². The van der Waals surface area contributed by atoms with E-state index in [-0.39, 0.29) is 18.4 Å². The minimum atomic E-state index is -0.291. The standard InChI is InChI=1S/C24H27N5O3/c1-3-12-29-22(30)20(18-6-8-19(9-7-18)32-17-4-2)21(23(29)31)27-13-15-28(16-14-27)24-25-10-5-11-26-24/h3,5-11H,1,4,12-17H2,2H3. The van der Waals surface area contributed by atoms with Gasteiger partial charge in [0.05, 0.1) is 12.2 Å². The Labute approximate surface area is 187 Å². The maximum absolute atomic E-state index is 13.2. The Morgan fingerprint density at radius 3 is 2.28 bits per heavy atom. The number of hydrogen-bond donors (Lipinski definition) is 0. The van der Waals surface area contributed by atoms with Crippen LogP contribution in [0, 0.1) is 0 Å². The number of rotatable bonds is 8. The number of aromatic nitrogens is 2. The molecule has 8 nitrogen and oxygen atoms in total. The third kappa shape index (κ3) is 4.21. The van der Waals surface area contributed by atoms with Crippen molar-refractivity contribution in [3.8, 4) is 5.75 Å². The molecule has 2 aliphatic rings. The number of benzene rings is 1. The largest absolute Gasteiger partial charge is 0.494 e. The zero-order valence-corrected chi connectivity index (χ0v) is 18.2. The van der Waals surface area contributed by atoms with Crippen molar-refractivity contribution < 1.29 is 14.3 Å². The van der Waals surface area contributed by atoms with Gasteiger partial charge in [0.1, 0.15) is 11.4 Å². The van der Waals surface area contributed by atoms with Crippen LogP contribution in [-0.2, 0) is 9.59 Å². The molecule has 0 atom stereocenters. The van der Waals surface area contributed by atoms with Crippen molar-refractivity contribution in [3.63, 3.8) is 0 Å². The van der Waals surface area contributed by atoms with Gasteiger partial charge in [-0.15, -0.1) is 6.58 Å². The van der Waals surface area contributed by atoms with Crippen molar-refractivity contribution in [2.24, 2.45) is 0 Å². The number of piperazine rings is 1. The molecule has 0 aliphatic carbocycles. The van der Waals surface area contributed by atoms with Crippen molar-refractivity contribution in [2.75, 3.05) is 44.2 Å². The van der Waals surface area contributed by atoms with Gasteiger partial charge in [0.25, 0.3) is 11.8 Å². The molecule has 32 heavy (non-hydrogen) atoms. The number of carbonyl (C=O) groups is 2. The fourth-order valence-electron chi connectivity index (χ4n) is 3.93. The molecule has 0 unspecified atom stereocenters. The number of carbonyl (C=O) groups excluding carboxylic acids is 2. The van der Waals surface area contributed by atoms with Crippen LogP contribution in [0.5, 0.6) is 5.75 Å². The van der Waals surface area contributed by atoms with E-state index in [1.54, 1.807) is 24.5 Å². The number of nitrogens with zero attached hydrogens (tertiary/aromatic N) is 5. The molecule has 1 aromatic heterocycles. The van der Waals surface area contributed by atoms with Crippen LogP contribution in [0.3, 0.4) is 0 Å². The monoisotopic (exact) mass is 433 g/mol. The van der Waals surface area contributed by atoms with Crippen molar-refractivity contribution in [1.82, 2.24) is 19.8 Å². The highest BCUT2D eigenvalue weighted by Gasteiger charge is 2.41. The molecule has 0 spiro atoms. The average Bonchev–Trinajstić information content (AvgIpc) is 3.09. The maximum Gasteiger partial charge on any atom is 0.278 e. The summed E-state index contributed by atoms with van der Waals surface area (Å²) in [5.74, 6) is 0.849. The first-order valence-electron chi connectivity index (χ1n) is 10.9. The lowest BCUT2D eigenvalue weighted by molar-refractivity contribution is -0.136. The Morgan fingerprint density at radius 2 is 1.66 bits per heavy atom. The smallest absolute Gasteiger partial charge is 0.278 e. The summed E-state index contributed by atoms with van der Waals surface area (Å²) in [5, 5.41) is 0.